The van der Waals surface area contributed by atoms with Crippen LogP contribution in [0, 0.1) is 17.5 Å². The molecule has 0 saturated carbocycles. The van der Waals surface area contributed by atoms with Gasteiger partial charge in [0, 0.05) is 11.1 Å². The van der Waals surface area contributed by atoms with Gasteiger partial charge in [-0.2, -0.15) is 0 Å². The Balaban J connectivity index is 1.51. The van der Waals surface area contributed by atoms with Crippen LogP contribution in [0.3, 0.4) is 0 Å². The van der Waals surface area contributed by atoms with Crippen LogP contribution in [0.2, 0.25) is 0 Å². The molecule has 0 N–H and O–H groups in total. The number of rotatable bonds is 9. The second-order valence-electron chi connectivity index (χ2n) is 8.57. The van der Waals surface area contributed by atoms with E-state index in [1.807, 2.05) is 13.0 Å². The number of hydrogen-bond donors (Lipinski definition) is 0. The number of fused-ring (bicyclic) bond motifs is 4. The van der Waals surface area contributed by atoms with E-state index in [-0.39, 0.29) is 11.1 Å². The summed E-state index contributed by atoms with van der Waals surface area (Å²) in [4.78, 5) is 0. The topological polar surface area (TPSA) is 0 Å². The van der Waals surface area contributed by atoms with E-state index in [4.69, 9.17) is 0 Å². The fraction of sp³-hybridized carbons (Fsp3) is 0.357. The van der Waals surface area contributed by atoms with Gasteiger partial charge >= 0.3 is 0 Å². The summed E-state index contributed by atoms with van der Waals surface area (Å²) < 4.78 is 44.5. The molecule has 162 valence electrons. The van der Waals surface area contributed by atoms with E-state index in [2.05, 4.69) is 31.2 Å². The van der Waals surface area contributed by atoms with E-state index in [0.29, 0.717) is 41.5 Å². The van der Waals surface area contributed by atoms with Crippen LogP contribution in [-0.2, 0) is 25.7 Å². The lowest BCUT2D eigenvalue weighted by Gasteiger charge is -2.27. The Hall–Kier alpha value is -2.55. The molecule has 0 radical (unpaired) electrons. The van der Waals surface area contributed by atoms with Gasteiger partial charge in [0.1, 0.15) is 5.82 Å². The predicted octanol–water partition coefficient (Wildman–Crippen LogP) is 8.22. The summed E-state index contributed by atoms with van der Waals surface area (Å²) in [5.74, 6) is -2.17. The zero-order valence-electron chi connectivity index (χ0n) is 18.3. The molecule has 31 heavy (non-hydrogen) atoms. The maximum Gasteiger partial charge on any atom is 0.167 e. The highest BCUT2D eigenvalue weighted by Crippen LogP contribution is 2.51. The molecule has 0 unspecified atom stereocenters. The number of unbranched alkanes of at least 4 members (excludes halogenated alkanes) is 2. The Morgan fingerprint density at radius 3 is 1.90 bits per heavy atom. The molecule has 0 fully saturated rings. The van der Waals surface area contributed by atoms with Gasteiger partial charge < -0.3 is 0 Å². The van der Waals surface area contributed by atoms with Crippen molar-refractivity contribution < 1.29 is 13.2 Å². The van der Waals surface area contributed by atoms with Crippen LogP contribution < -0.4 is 0 Å². The van der Waals surface area contributed by atoms with Crippen molar-refractivity contribution in [3.8, 4) is 22.3 Å². The minimum Gasteiger partial charge on any atom is -0.206 e. The van der Waals surface area contributed by atoms with Crippen molar-refractivity contribution in [1.82, 2.24) is 0 Å². The first kappa shape index (κ1) is 21.7. The molecule has 0 aromatic heterocycles. The van der Waals surface area contributed by atoms with Crippen LogP contribution in [0.1, 0.15) is 61.8 Å². The first-order chi connectivity index (χ1) is 15.0. The molecule has 1 aliphatic carbocycles. The number of hydrogen-bond acceptors (Lipinski definition) is 0. The summed E-state index contributed by atoms with van der Waals surface area (Å²) >= 11 is 0. The zero-order chi connectivity index (χ0) is 22.0. The lowest BCUT2D eigenvalue weighted by Crippen LogP contribution is -2.11. The predicted molar refractivity (Wildman–Crippen MR) is 122 cm³/mol. The molecule has 0 atom stereocenters. The standard InChI is InChI=1S/C28H29F3/c1-3-5-6-8-18-9-11-19(12-10-18)13-14-21-17-23-22-16-15-20(7-4-2)26(29)24(22)25(23)28(31)27(21)30/h9-12,15-17H,3-8,13-14H2,1-2H3. The Bertz CT molecular complexity index is 1080. The quantitative estimate of drug-likeness (QED) is 0.238. The Morgan fingerprint density at radius 2 is 1.23 bits per heavy atom. The molecular formula is C28H29F3. The van der Waals surface area contributed by atoms with Crippen molar-refractivity contribution in [3.05, 3.63) is 82.2 Å². The van der Waals surface area contributed by atoms with Crippen LogP contribution in [0.15, 0.2) is 42.5 Å². The SMILES string of the molecule is CCCCCc1ccc(CCc2cc3c(c(F)c2F)-c2c-3ccc(CCC)c2F)cc1. The monoisotopic (exact) mass is 422 g/mol. The third kappa shape index (κ3) is 4.15. The van der Waals surface area contributed by atoms with Crippen molar-refractivity contribution >= 4 is 0 Å². The Morgan fingerprint density at radius 1 is 0.548 bits per heavy atom. The summed E-state index contributed by atoms with van der Waals surface area (Å²) in [7, 11) is 0. The van der Waals surface area contributed by atoms with E-state index >= 15 is 0 Å². The van der Waals surface area contributed by atoms with Crippen LogP contribution in [0.25, 0.3) is 22.3 Å². The molecule has 4 rings (SSSR count). The second-order valence-corrected chi connectivity index (χ2v) is 8.57. The maximum atomic E-state index is 14.9. The fourth-order valence-electron chi connectivity index (χ4n) is 4.54. The first-order valence-corrected chi connectivity index (χ1v) is 11.5. The molecule has 0 amide bonds. The largest absolute Gasteiger partial charge is 0.206 e. The van der Waals surface area contributed by atoms with Crippen molar-refractivity contribution in [2.75, 3.05) is 0 Å². The van der Waals surface area contributed by atoms with Crippen LogP contribution in [-0.4, -0.2) is 0 Å². The van der Waals surface area contributed by atoms with Crippen molar-refractivity contribution in [2.45, 2.75) is 65.2 Å². The highest BCUT2D eigenvalue weighted by atomic mass is 19.2. The zero-order valence-corrected chi connectivity index (χ0v) is 18.3. The summed E-state index contributed by atoms with van der Waals surface area (Å²) in [6.45, 7) is 4.17. The van der Waals surface area contributed by atoms with Gasteiger partial charge in [0.05, 0.1) is 0 Å². The van der Waals surface area contributed by atoms with Gasteiger partial charge in [0.2, 0.25) is 0 Å². The summed E-state index contributed by atoms with van der Waals surface area (Å²) in [5.41, 5.74) is 4.99. The first-order valence-electron chi connectivity index (χ1n) is 11.5. The van der Waals surface area contributed by atoms with E-state index in [1.54, 1.807) is 12.1 Å². The molecule has 1 aliphatic rings. The van der Waals surface area contributed by atoms with E-state index in [0.717, 1.165) is 18.4 Å². The van der Waals surface area contributed by atoms with Crippen molar-refractivity contribution in [2.24, 2.45) is 0 Å². The summed E-state index contributed by atoms with van der Waals surface area (Å²) in [5, 5.41) is 0. The van der Waals surface area contributed by atoms with Crippen molar-refractivity contribution in [3.63, 3.8) is 0 Å². The van der Waals surface area contributed by atoms with Gasteiger partial charge in [-0.1, -0.05) is 69.5 Å². The maximum absolute atomic E-state index is 14.9. The third-order valence-electron chi connectivity index (χ3n) is 6.34. The van der Waals surface area contributed by atoms with Gasteiger partial charge in [-0.3, -0.25) is 0 Å². The number of aryl methyl sites for hydroxylation is 4. The lowest BCUT2D eigenvalue weighted by molar-refractivity contribution is 0.499. The smallest absolute Gasteiger partial charge is 0.167 e. The average molecular weight is 423 g/mol. The minimum atomic E-state index is -0.918. The molecule has 0 saturated heterocycles. The van der Waals surface area contributed by atoms with Gasteiger partial charge in [-0.15, -0.1) is 0 Å². The molecule has 0 spiro atoms. The molecule has 0 aliphatic heterocycles. The van der Waals surface area contributed by atoms with Gasteiger partial charge in [0.25, 0.3) is 0 Å². The third-order valence-corrected chi connectivity index (χ3v) is 6.34. The fourth-order valence-corrected chi connectivity index (χ4v) is 4.54. The average Bonchev–Trinajstić information content (AvgIpc) is 2.76. The molecule has 3 aromatic carbocycles. The Labute approximate surface area is 183 Å². The van der Waals surface area contributed by atoms with E-state index in [9.17, 15) is 13.2 Å². The van der Waals surface area contributed by atoms with Crippen molar-refractivity contribution in [1.29, 1.82) is 0 Å². The van der Waals surface area contributed by atoms with Crippen LogP contribution in [0.4, 0.5) is 13.2 Å². The molecule has 0 bridgehead atoms. The lowest BCUT2D eigenvalue weighted by atomic mass is 9.77. The minimum absolute atomic E-state index is 0.100. The summed E-state index contributed by atoms with van der Waals surface area (Å²) in [6, 6.07) is 13.7. The van der Waals surface area contributed by atoms with Gasteiger partial charge in [-0.25, -0.2) is 13.2 Å². The Kier molecular flexibility index (Phi) is 6.50. The highest BCUT2D eigenvalue weighted by Gasteiger charge is 2.33. The molecule has 3 heteroatoms. The molecule has 0 heterocycles. The molecular weight excluding hydrogens is 393 g/mol. The van der Waals surface area contributed by atoms with Crippen LogP contribution in [0.5, 0.6) is 0 Å². The second kappa shape index (κ2) is 9.30. The van der Waals surface area contributed by atoms with Gasteiger partial charge in [-0.05, 0) is 71.6 Å². The highest BCUT2D eigenvalue weighted by molar-refractivity contribution is 6.03. The van der Waals surface area contributed by atoms with E-state index < -0.39 is 17.5 Å². The number of halogens is 3. The van der Waals surface area contributed by atoms with Gasteiger partial charge in [0.15, 0.2) is 11.6 Å². The number of benzene rings is 3. The normalized spacial score (nSPS) is 11.8. The van der Waals surface area contributed by atoms with Crippen LogP contribution >= 0.6 is 0 Å². The summed E-state index contributed by atoms with van der Waals surface area (Å²) in [6.07, 6.45) is 7.16. The molecule has 3 aromatic rings. The van der Waals surface area contributed by atoms with E-state index in [1.165, 1.54) is 24.8 Å². The molecule has 0 nitrogen and oxygen atoms in total.